The van der Waals surface area contributed by atoms with E-state index in [1.54, 1.807) is 12.1 Å². The Morgan fingerprint density at radius 1 is 1.10 bits per heavy atom. The Hall–Kier alpha value is -2.83. The minimum atomic E-state index is -0.690. The van der Waals surface area contributed by atoms with Crippen molar-refractivity contribution in [2.75, 3.05) is 12.1 Å². The van der Waals surface area contributed by atoms with Crippen LogP contribution in [0.15, 0.2) is 30.3 Å². The van der Waals surface area contributed by atoms with Crippen molar-refractivity contribution >= 4 is 22.7 Å². The van der Waals surface area contributed by atoms with Gasteiger partial charge in [0.15, 0.2) is 11.5 Å². The molecule has 1 aliphatic rings. The molecule has 0 fully saturated rings. The molecule has 0 spiro atoms. The molecule has 0 saturated carbocycles. The molecule has 5 nitrogen and oxygen atoms in total. The molecule has 4 rings (SSSR count). The molecule has 2 heterocycles. The van der Waals surface area contributed by atoms with Crippen LogP contribution >= 0.6 is 0 Å². The zero-order valence-corrected chi connectivity index (χ0v) is 10.6. The van der Waals surface area contributed by atoms with Gasteiger partial charge in [-0.25, -0.2) is 13.8 Å². The van der Waals surface area contributed by atoms with Crippen LogP contribution in [0.4, 0.5) is 20.4 Å². The minimum Gasteiger partial charge on any atom is -0.454 e. The van der Waals surface area contributed by atoms with Gasteiger partial charge in [-0.1, -0.05) is 6.07 Å². The van der Waals surface area contributed by atoms with Crippen molar-refractivity contribution < 1.29 is 18.3 Å². The SMILES string of the molecule is Fc1cccc(F)c1Nc1nc2cc3c(cc2[nH]1)OCO3. The number of aromatic amines is 1. The van der Waals surface area contributed by atoms with E-state index in [2.05, 4.69) is 15.3 Å². The van der Waals surface area contributed by atoms with Crippen LogP contribution in [0.1, 0.15) is 0 Å². The maximum atomic E-state index is 13.6. The molecular formula is C14H9F2N3O2. The van der Waals surface area contributed by atoms with Gasteiger partial charge in [0.2, 0.25) is 12.7 Å². The molecule has 106 valence electrons. The lowest BCUT2D eigenvalue weighted by Gasteiger charge is -2.04. The highest BCUT2D eigenvalue weighted by Gasteiger charge is 2.17. The first-order chi connectivity index (χ1) is 10.2. The smallest absolute Gasteiger partial charge is 0.231 e. The number of nitrogens with zero attached hydrogens (tertiary/aromatic N) is 1. The van der Waals surface area contributed by atoms with E-state index in [-0.39, 0.29) is 18.4 Å². The number of H-pyrrole nitrogens is 1. The highest BCUT2D eigenvalue weighted by atomic mass is 19.1. The number of benzene rings is 2. The molecule has 1 aliphatic heterocycles. The molecule has 7 heteroatoms. The Morgan fingerprint density at radius 2 is 1.81 bits per heavy atom. The first-order valence-corrected chi connectivity index (χ1v) is 6.21. The molecular weight excluding hydrogens is 280 g/mol. The number of hydrogen-bond donors (Lipinski definition) is 2. The van der Waals surface area contributed by atoms with Crippen LogP contribution in [0.5, 0.6) is 11.5 Å². The average molecular weight is 289 g/mol. The van der Waals surface area contributed by atoms with Crippen LogP contribution < -0.4 is 14.8 Å². The van der Waals surface area contributed by atoms with E-state index in [4.69, 9.17) is 9.47 Å². The number of aromatic nitrogens is 2. The molecule has 0 aliphatic carbocycles. The van der Waals surface area contributed by atoms with Crippen molar-refractivity contribution in [2.24, 2.45) is 0 Å². The minimum absolute atomic E-state index is 0.174. The van der Waals surface area contributed by atoms with Crippen molar-refractivity contribution in [1.82, 2.24) is 9.97 Å². The summed E-state index contributed by atoms with van der Waals surface area (Å²) in [4.78, 5) is 7.17. The van der Waals surface area contributed by atoms with Gasteiger partial charge in [0, 0.05) is 12.1 Å². The molecule has 0 bridgehead atoms. The third-order valence-corrected chi connectivity index (χ3v) is 3.18. The van der Waals surface area contributed by atoms with E-state index in [9.17, 15) is 8.78 Å². The lowest BCUT2D eigenvalue weighted by molar-refractivity contribution is 0.174. The van der Waals surface area contributed by atoms with E-state index in [0.717, 1.165) is 0 Å². The van der Waals surface area contributed by atoms with Gasteiger partial charge in [-0.15, -0.1) is 0 Å². The molecule has 3 aromatic rings. The Labute approximate surface area is 117 Å². The van der Waals surface area contributed by atoms with Crippen molar-refractivity contribution in [3.05, 3.63) is 42.0 Å². The van der Waals surface area contributed by atoms with E-state index < -0.39 is 11.6 Å². The summed E-state index contributed by atoms with van der Waals surface area (Å²) in [6, 6.07) is 7.08. The van der Waals surface area contributed by atoms with Gasteiger partial charge < -0.3 is 19.8 Å². The van der Waals surface area contributed by atoms with Crippen molar-refractivity contribution in [2.45, 2.75) is 0 Å². The average Bonchev–Trinajstić information content (AvgIpc) is 3.05. The maximum Gasteiger partial charge on any atom is 0.231 e. The summed E-state index contributed by atoms with van der Waals surface area (Å²) in [7, 11) is 0. The van der Waals surface area contributed by atoms with Crippen LogP contribution in [-0.4, -0.2) is 16.8 Å². The number of rotatable bonds is 2. The standard InChI is InChI=1S/C14H9F2N3O2/c15-7-2-1-3-8(16)13(7)19-14-17-9-4-11-12(21-6-20-11)5-10(9)18-14/h1-5H,6H2,(H2,17,18,19). The van der Waals surface area contributed by atoms with Crippen molar-refractivity contribution in [3.8, 4) is 11.5 Å². The molecule has 0 unspecified atom stereocenters. The van der Waals surface area contributed by atoms with Gasteiger partial charge in [-0.2, -0.15) is 0 Å². The third-order valence-electron chi connectivity index (χ3n) is 3.18. The quantitative estimate of drug-likeness (QED) is 0.760. The summed E-state index contributed by atoms with van der Waals surface area (Å²) < 4.78 is 37.7. The van der Waals surface area contributed by atoms with Gasteiger partial charge in [-0.3, -0.25) is 0 Å². The van der Waals surface area contributed by atoms with Gasteiger partial charge in [0.25, 0.3) is 0 Å². The van der Waals surface area contributed by atoms with Gasteiger partial charge in [-0.05, 0) is 12.1 Å². The Kier molecular flexibility index (Phi) is 2.47. The zero-order chi connectivity index (χ0) is 14.4. The zero-order valence-electron chi connectivity index (χ0n) is 10.6. The highest BCUT2D eigenvalue weighted by molar-refractivity contribution is 5.82. The van der Waals surface area contributed by atoms with Crippen molar-refractivity contribution in [1.29, 1.82) is 0 Å². The van der Waals surface area contributed by atoms with E-state index >= 15 is 0 Å². The molecule has 1 aromatic heterocycles. The molecule has 0 radical (unpaired) electrons. The number of imidazole rings is 1. The fraction of sp³-hybridized carbons (Fsp3) is 0.0714. The lowest BCUT2D eigenvalue weighted by Crippen LogP contribution is -1.98. The molecule has 0 amide bonds. The fourth-order valence-electron chi connectivity index (χ4n) is 2.19. The molecule has 2 aromatic carbocycles. The number of halogens is 2. The van der Waals surface area contributed by atoms with Gasteiger partial charge in [0.05, 0.1) is 11.0 Å². The third kappa shape index (κ3) is 1.94. The van der Waals surface area contributed by atoms with Gasteiger partial charge in [0.1, 0.15) is 17.3 Å². The topological polar surface area (TPSA) is 59.2 Å². The second-order valence-corrected chi connectivity index (χ2v) is 4.53. The number of ether oxygens (including phenoxy) is 2. The number of anilines is 2. The summed E-state index contributed by atoms with van der Waals surface area (Å²) in [6.07, 6.45) is 0. The molecule has 0 atom stereocenters. The summed E-state index contributed by atoms with van der Waals surface area (Å²) in [5.41, 5.74) is 1.04. The number of para-hydroxylation sites is 1. The van der Waals surface area contributed by atoms with Crippen molar-refractivity contribution in [3.63, 3.8) is 0 Å². The second kappa shape index (κ2) is 4.34. The monoisotopic (exact) mass is 289 g/mol. The number of hydrogen-bond acceptors (Lipinski definition) is 4. The summed E-state index contributed by atoms with van der Waals surface area (Å²) in [5, 5.41) is 2.61. The Bertz CT molecular complexity index is 786. The number of nitrogens with one attached hydrogen (secondary N) is 2. The van der Waals surface area contributed by atoms with Crippen LogP contribution in [-0.2, 0) is 0 Å². The fourth-order valence-corrected chi connectivity index (χ4v) is 2.19. The summed E-state index contributed by atoms with van der Waals surface area (Å²) in [6.45, 7) is 0.174. The van der Waals surface area contributed by atoms with Crippen LogP contribution in [0.25, 0.3) is 11.0 Å². The second-order valence-electron chi connectivity index (χ2n) is 4.53. The predicted molar refractivity (Wildman–Crippen MR) is 71.9 cm³/mol. The predicted octanol–water partition coefficient (Wildman–Crippen LogP) is 3.31. The van der Waals surface area contributed by atoms with E-state index in [0.29, 0.717) is 22.5 Å². The lowest BCUT2D eigenvalue weighted by atomic mass is 10.3. The van der Waals surface area contributed by atoms with E-state index in [1.165, 1.54) is 18.2 Å². The Morgan fingerprint density at radius 3 is 2.57 bits per heavy atom. The first kappa shape index (κ1) is 12.0. The summed E-state index contributed by atoms with van der Waals surface area (Å²) in [5.74, 6) is 0.0549. The number of fused-ring (bicyclic) bond motifs is 2. The van der Waals surface area contributed by atoms with Crippen LogP contribution in [0.2, 0.25) is 0 Å². The molecule has 21 heavy (non-hydrogen) atoms. The van der Waals surface area contributed by atoms with Crippen LogP contribution in [0.3, 0.4) is 0 Å². The van der Waals surface area contributed by atoms with Crippen LogP contribution in [0, 0.1) is 11.6 Å². The maximum absolute atomic E-state index is 13.6. The molecule has 2 N–H and O–H groups in total. The summed E-state index contributed by atoms with van der Waals surface area (Å²) >= 11 is 0. The molecule has 0 saturated heterocycles. The normalized spacial score (nSPS) is 12.9. The Balaban J connectivity index is 1.74. The highest BCUT2D eigenvalue weighted by Crippen LogP contribution is 2.36. The largest absolute Gasteiger partial charge is 0.454 e. The van der Waals surface area contributed by atoms with Gasteiger partial charge >= 0.3 is 0 Å². The van der Waals surface area contributed by atoms with E-state index in [1.807, 2.05) is 0 Å². The first-order valence-electron chi connectivity index (χ1n) is 6.21.